The first kappa shape index (κ1) is 9.85. The van der Waals surface area contributed by atoms with Crippen LogP contribution >= 0.6 is 22.6 Å². The molecule has 0 aromatic rings. The van der Waals surface area contributed by atoms with E-state index in [0.717, 1.165) is 0 Å². The van der Waals surface area contributed by atoms with Crippen LogP contribution in [0.4, 0.5) is 0 Å². The molecule has 0 aromatic carbocycles. The van der Waals surface area contributed by atoms with Gasteiger partial charge in [-0.3, -0.25) is 0 Å². The van der Waals surface area contributed by atoms with Crippen LogP contribution in [0.15, 0.2) is 12.2 Å². The Hall–Kier alpha value is 0.760. The fourth-order valence-electron chi connectivity index (χ4n) is 0.751. The number of allylic oxidation sites excluding steroid dienone is 2. The zero-order valence-electron chi connectivity index (χ0n) is 6.91. The van der Waals surface area contributed by atoms with Gasteiger partial charge in [0.1, 0.15) is 0 Å². The molecule has 0 radical (unpaired) electrons. The molecule has 0 nitrogen and oxygen atoms in total. The van der Waals surface area contributed by atoms with Gasteiger partial charge in [0, 0.05) is 0 Å². The second kappa shape index (κ2) is 3.25. The van der Waals surface area contributed by atoms with Gasteiger partial charge < -0.3 is 0 Å². The molecule has 1 aliphatic carbocycles. The fraction of sp³-hybridized carbons (Fsp3) is 0.556. The Bertz CT molecular complexity index is 242. The monoisotopic (exact) mass is 373 g/mol. The summed E-state index contributed by atoms with van der Waals surface area (Å²) < 4.78 is 0.319. The van der Waals surface area contributed by atoms with Crippen LogP contribution in [0, 0.1) is 11.8 Å². The molecule has 0 bridgehead atoms. The molecule has 0 saturated carbocycles. The number of alkyl halides is 3. The van der Waals surface area contributed by atoms with Crippen LogP contribution < -0.4 is 21.2 Å². The molecule has 0 amide bonds. The van der Waals surface area contributed by atoms with Crippen LogP contribution in [0.5, 0.6) is 0 Å². The topological polar surface area (TPSA) is 0 Å². The number of hydrogen-bond acceptors (Lipinski definition) is 0. The molecule has 1 aliphatic rings. The van der Waals surface area contributed by atoms with Crippen molar-refractivity contribution in [1.29, 1.82) is 0 Å². The molecule has 2 heteroatoms. The molecule has 2 atom stereocenters. The summed E-state index contributed by atoms with van der Waals surface area (Å²) in [5.74, 6) is 6.62. The maximum absolute atomic E-state index is 3.34. The van der Waals surface area contributed by atoms with Gasteiger partial charge in [0.15, 0.2) is 0 Å². The van der Waals surface area contributed by atoms with Gasteiger partial charge in [0.2, 0.25) is 0 Å². The predicted octanol–water partition coefficient (Wildman–Crippen LogP) is -0.769. The van der Waals surface area contributed by atoms with Crippen LogP contribution in [-0.4, -0.2) is 11.8 Å². The van der Waals surface area contributed by atoms with Crippen LogP contribution in [0.25, 0.3) is 0 Å². The van der Waals surface area contributed by atoms with Gasteiger partial charge in [-0.05, 0) is 0 Å². The van der Waals surface area contributed by atoms with Gasteiger partial charge in [0.05, 0.1) is 0 Å². The number of halogens is 2. The van der Waals surface area contributed by atoms with E-state index in [2.05, 4.69) is 65.4 Å². The first-order valence-corrected chi connectivity index (χ1v) is 7.73. The Morgan fingerprint density at radius 3 is 2.27 bits per heavy atom. The van der Waals surface area contributed by atoms with Crippen molar-refractivity contribution in [3.8, 4) is 11.8 Å². The zero-order valence-corrected chi connectivity index (χ0v) is 11.2. The number of hydrogen-bond donors (Lipinski definition) is 0. The second-order valence-corrected chi connectivity index (χ2v) is 8.48. The van der Waals surface area contributed by atoms with Crippen LogP contribution in [-0.2, 0) is 0 Å². The summed E-state index contributed by atoms with van der Waals surface area (Å²) in [4.78, 5) is 2.29. The predicted molar refractivity (Wildman–Crippen MR) is 53.7 cm³/mol. The van der Waals surface area contributed by atoms with Crippen molar-refractivity contribution in [1.82, 2.24) is 0 Å². The van der Waals surface area contributed by atoms with Crippen molar-refractivity contribution < 1.29 is 21.2 Å². The van der Waals surface area contributed by atoms with Gasteiger partial charge in [-0.25, -0.2) is 0 Å². The molecule has 0 aromatic heterocycles. The Morgan fingerprint density at radius 2 is 1.91 bits per heavy atom. The summed E-state index contributed by atoms with van der Waals surface area (Å²) in [5.41, 5.74) is 0. The van der Waals surface area contributed by atoms with Crippen molar-refractivity contribution in [2.75, 3.05) is 4.93 Å². The Balaban J connectivity index is 2.88. The van der Waals surface area contributed by atoms with Crippen LogP contribution in [0.3, 0.4) is 0 Å². The fourth-order valence-corrected chi connectivity index (χ4v) is 2.01. The quantitative estimate of drug-likeness (QED) is 0.245. The molecule has 0 aliphatic heterocycles. The van der Waals surface area contributed by atoms with Crippen LogP contribution in [0.1, 0.15) is 13.8 Å². The maximum atomic E-state index is 3.34. The standard InChI is InChI=1S/C9H11I2/c1-8(10)4-6-9(2,11-3)7-5-8/h4,6H,1-3H3/q-1. The molecule has 0 spiro atoms. The molecule has 0 N–H and O–H groups in total. The molecule has 0 saturated heterocycles. The van der Waals surface area contributed by atoms with E-state index in [4.69, 9.17) is 0 Å². The van der Waals surface area contributed by atoms with Crippen molar-refractivity contribution in [3.05, 3.63) is 12.2 Å². The molecular weight excluding hydrogens is 362 g/mol. The van der Waals surface area contributed by atoms with Crippen molar-refractivity contribution >= 4 is 22.6 Å². The van der Waals surface area contributed by atoms with E-state index in [0.29, 0.717) is 0 Å². The number of rotatable bonds is 1. The zero-order chi connectivity index (χ0) is 8.54. The molecule has 0 heterocycles. The summed E-state index contributed by atoms with van der Waals surface area (Å²) in [5, 5.41) is 0. The Labute approximate surface area is 92.6 Å². The van der Waals surface area contributed by atoms with E-state index >= 15 is 0 Å². The van der Waals surface area contributed by atoms with Crippen molar-refractivity contribution in [2.45, 2.75) is 20.7 Å². The van der Waals surface area contributed by atoms with E-state index in [1.54, 1.807) is 0 Å². The van der Waals surface area contributed by atoms with E-state index in [1.807, 2.05) is 0 Å². The average molecular weight is 373 g/mol. The van der Waals surface area contributed by atoms with Gasteiger partial charge >= 0.3 is 93.4 Å². The first-order valence-electron chi connectivity index (χ1n) is 3.42. The Morgan fingerprint density at radius 1 is 1.27 bits per heavy atom. The van der Waals surface area contributed by atoms with Gasteiger partial charge in [0.25, 0.3) is 0 Å². The first-order chi connectivity index (χ1) is 4.97. The summed E-state index contributed by atoms with van der Waals surface area (Å²) in [6.45, 7) is 4.38. The third-order valence-corrected chi connectivity index (χ3v) is 5.15. The van der Waals surface area contributed by atoms with Crippen molar-refractivity contribution in [2.24, 2.45) is 0 Å². The third-order valence-electron chi connectivity index (χ3n) is 1.65. The Kier molecular flexibility index (Phi) is 2.91. The molecule has 1 rings (SSSR count). The molecule has 2 unspecified atom stereocenters. The molecular formula is C9H11I2-. The van der Waals surface area contributed by atoms with E-state index in [1.165, 1.54) is 0 Å². The summed E-state index contributed by atoms with van der Waals surface area (Å²) in [7, 11) is 0. The second-order valence-electron chi connectivity index (χ2n) is 2.92. The normalized spacial score (nSPS) is 41.8. The van der Waals surface area contributed by atoms with E-state index < -0.39 is 0 Å². The van der Waals surface area contributed by atoms with Gasteiger partial charge in [-0.2, -0.15) is 0 Å². The van der Waals surface area contributed by atoms with Crippen molar-refractivity contribution in [3.63, 3.8) is 0 Å². The average Bonchev–Trinajstić information content (AvgIpc) is 1.97. The summed E-state index contributed by atoms with van der Waals surface area (Å²) >= 11 is 2.57. The molecule has 62 valence electrons. The van der Waals surface area contributed by atoms with E-state index in [9.17, 15) is 0 Å². The molecule has 0 fully saturated rings. The minimum absolute atomic E-state index is 0.0795. The molecule has 11 heavy (non-hydrogen) atoms. The van der Waals surface area contributed by atoms with Gasteiger partial charge in [-0.1, -0.05) is 0 Å². The van der Waals surface area contributed by atoms with Gasteiger partial charge in [-0.15, -0.1) is 0 Å². The summed E-state index contributed by atoms with van der Waals surface area (Å²) in [6, 6.07) is 0. The van der Waals surface area contributed by atoms with E-state index in [-0.39, 0.29) is 28.0 Å². The SMILES string of the molecule is C[I-]C1(C)C#CC(C)(I)C=C1. The minimum atomic E-state index is 0.0795. The van der Waals surface area contributed by atoms with Crippen LogP contribution in [0.2, 0.25) is 0 Å². The third kappa shape index (κ3) is 2.62. The summed E-state index contributed by atoms with van der Waals surface area (Å²) in [6.07, 6.45) is 4.51.